The van der Waals surface area contributed by atoms with E-state index in [1.165, 1.54) is 0 Å². The average molecular weight is 305 g/mol. The number of alkyl halides is 2. The molecule has 0 N–H and O–H groups in total. The van der Waals surface area contributed by atoms with Crippen LogP contribution in [0.5, 0.6) is 0 Å². The Morgan fingerprint density at radius 3 is 2.38 bits per heavy atom. The van der Waals surface area contributed by atoms with E-state index < -0.39 is 9.84 Å². The molecule has 0 radical (unpaired) electrons. The molecule has 1 fully saturated rings. The van der Waals surface area contributed by atoms with E-state index in [1.54, 1.807) is 11.8 Å². The minimum absolute atomic E-state index is 0.139. The van der Waals surface area contributed by atoms with Crippen LogP contribution in [0.3, 0.4) is 0 Å². The molecule has 2 nitrogen and oxygen atoms in total. The van der Waals surface area contributed by atoms with Crippen LogP contribution in [0.15, 0.2) is 0 Å². The van der Waals surface area contributed by atoms with Crippen molar-refractivity contribution in [2.24, 2.45) is 11.3 Å². The first kappa shape index (κ1) is 14.9. The molecule has 1 unspecified atom stereocenters. The SMILES string of the molecule is CSCCC(CCl)(CCl)C1CCS(=O)(=O)C1. The van der Waals surface area contributed by atoms with Gasteiger partial charge in [-0.05, 0) is 30.8 Å². The Morgan fingerprint density at radius 2 is 2.00 bits per heavy atom. The Hall–Kier alpha value is 0.880. The number of thioether (sulfide) groups is 1. The maximum Gasteiger partial charge on any atom is 0.150 e. The van der Waals surface area contributed by atoms with E-state index in [0.717, 1.165) is 18.6 Å². The van der Waals surface area contributed by atoms with Crippen molar-refractivity contribution < 1.29 is 8.42 Å². The van der Waals surface area contributed by atoms with Crippen LogP contribution in [0.1, 0.15) is 12.8 Å². The Kier molecular flexibility index (Phi) is 5.76. The highest BCUT2D eigenvalue weighted by Crippen LogP contribution is 2.41. The van der Waals surface area contributed by atoms with Crippen LogP contribution in [-0.4, -0.2) is 43.7 Å². The van der Waals surface area contributed by atoms with Crippen molar-refractivity contribution in [3.63, 3.8) is 0 Å². The molecule has 16 heavy (non-hydrogen) atoms. The summed E-state index contributed by atoms with van der Waals surface area (Å²) in [4.78, 5) is 0. The summed E-state index contributed by atoms with van der Waals surface area (Å²) < 4.78 is 23.0. The molecule has 1 atom stereocenters. The van der Waals surface area contributed by atoms with Gasteiger partial charge in [-0.15, -0.1) is 23.2 Å². The zero-order valence-corrected chi connectivity index (χ0v) is 12.6. The molecule has 0 aromatic carbocycles. The molecule has 0 spiro atoms. The third-order valence-electron chi connectivity index (χ3n) is 3.43. The van der Waals surface area contributed by atoms with Crippen LogP contribution < -0.4 is 0 Å². The molecule has 1 aliphatic rings. The van der Waals surface area contributed by atoms with Gasteiger partial charge in [-0.3, -0.25) is 0 Å². The van der Waals surface area contributed by atoms with E-state index in [2.05, 4.69) is 0 Å². The van der Waals surface area contributed by atoms with Gasteiger partial charge in [0.2, 0.25) is 0 Å². The zero-order valence-electron chi connectivity index (χ0n) is 9.42. The van der Waals surface area contributed by atoms with Gasteiger partial charge < -0.3 is 0 Å². The van der Waals surface area contributed by atoms with Crippen molar-refractivity contribution in [2.45, 2.75) is 12.8 Å². The van der Waals surface area contributed by atoms with Crippen molar-refractivity contribution in [3.8, 4) is 0 Å². The molecule has 6 heteroatoms. The second kappa shape index (κ2) is 6.17. The Balaban J connectivity index is 2.77. The number of sulfone groups is 1. The third-order valence-corrected chi connectivity index (χ3v) is 6.88. The standard InChI is InChI=1S/C10H18Cl2O2S2/c1-15-4-3-10(7-11,8-12)9-2-5-16(13,14)6-9/h9H,2-8H2,1H3. The number of halogens is 2. The van der Waals surface area contributed by atoms with Crippen LogP contribution in [0.2, 0.25) is 0 Å². The van der Waals surface area contributed by atoms with Crippen LogP contribution >= 0.6 is 35.0 Å². The second-order valence-electron chi connectivity index (χ2n) is 4.47. The van der Waals surface area contributed by atoms with Gasteiger partial charge in [-0.2, -0.15) is 11.8 Å². The summed E-state index contributed by atoms with van der Waals surface area (Å²) in [6.07, 6.45) is 3.66. The van der Waals surface area contributed by atoms with Crippen LogP contribution in [0.4, 0.5) is 0 Å². The fraction of sp³-hybridized carbons (Fsp3) is 1.00. The first-order valence-corrected chi connectivity index (χ1v) is 9.59. The summed E-state index contributed by atoms with van der Waals surface area (Å²) in [6, 6.07) is 0. The quantitative estimate of drug-likeness (QED) is 0.708. The molecule has 0 aromatic rings. The minimum Gasteiger partial charge on any atom is -0.229 e. The molecule has 1 saturated heterocycles. The van der Waals surface area contributed by atoms with E-state index in [0.29, 0.717) is 17.5 Å². The fourth-order valence-corrected chi connectivity index (χ4v) is 5.72. The topological polar surface area (TPSA) is 34.1 Å². The van der Waals surface area contributed by atoms with E-state index in [4.69, 9.17) is 23.2 Å². The van der Waals surface area contributed by atoms with Crippen molar-refractivity contribution >= 4 is 44.8 Å². The maximum absolute atomic E-state index is 11.5. The van der Waals surface area contributed by atoms with Crippen molar-refractivity contribution in [2.75, 3.05) is 35.3 Å². The third kappa shape index (κ3) is 3.44. The van der Waals surface area contributed by atoms with Gasteiger partial charge in [0.1, 0.15) is 0 Å². The van der Waals surface area contributed by atoms with Gasteiger partial charge in [0.05, 0.1) is 11.5 Å². The lowest BCUT2D eigenvalue weighted by molar-refractivity contribution is 0.239. The van der Waals surface area contributed by atoms with E-state index in [9.17, 15) is 8.42 Å². The van der Waals surface area contributed by atoms with Crippen molar-refractivity contribution in [1.82, 2.24) is 0 Å². The summed E-state index contributed by atoms with van der Waals surface area (Å²) in [5, 5.41) is 0. The van der Waals surface area contributed by atoms with Gasteiger partial charge >= 0.3 is 0 Å². The van der Waals surface area contributed by atoms with E-state index in [1.807, 2.05) is 6.26 Å². The van der Waals surface area contributed by atoms with E-state index >= 15 is 0 Å². The zero-order chi connectivity index (χ0) is 12.2. The minimum atomic E-state index is -2.85. The molecule has 96 valence electrons. The predicted octanol–water partition coefficient (Wildman–Crippen LogP) is 2.64. The maximum atomic E-state index is 11.5. The lowest BCUT2D eigenvalue weighted by Gasteiger charge is -2.35. The highest BCUT2D eigenvalue weighted by atomic mass is 35.5. The number of rotatable bonds is 6. The number of hydrogen-bond donors (Lipinski definition) is 0. The van der Waals surface area contributed by atoms with E-state index in [-0.39, 0.29) is 17.1 Å². The lowest BCUT2D eigenvalue weighted by Crippen LogP contribution is -2.36. The molecular weight excluding hydrogens is 287 g/mol. The predicted molar refractivity (Wildman–Crippen MR) is 73.6 cm³/mol. The first-order valence-electron chi connectivity index (χ1n) is 5.31. The Bertz CT molecular complexity index is 313. The summed E-state index contributed by atoms with van der Waals surface area (Å²) in [5.74, 6) is 2.59. The van der Waals surface area contributed by atoms with Gasteiger partial charge in [0.25, 0.3) is 0 Å². The molecule has 1 rings (SSSR count). The normalized spacial score (nSPS) is 24.8. The Morgan fingerprint density at radius 1 is 1.38 bits per heavy atom. The van der Waals surface area contributed by atoms with Crippen molar-refractivity contribution in [3.05, 3.63) is 0 Å². The highest BCUT2D eigenvalue weighted by Gasteiger charge is 2.43. The van der Waals surface area contributed by atoms with Crippen LogP contribution in [0.25, 0.3) is 0 Å². The molecule has 0 bridgehead atoms. The molecule has 0 amide bonds. The largest absolute Gasteiger partial charge is 0.229 e. The van der Waals surface area contributed by atoms with Crippen LogP contribution in [0, 0.1) is 11.3 Å². The molecular formula is C10H18Cl2O2S2. The lowest BCUT2D eigenvalue weighted by atomic mass is 9.76. The fourth-order valence-electron chi connectivity index (χ4n) is 2.17. The smallest absolute Gasteiger partial charge is 0.150 e. The summed E-state index contributed by atoms with van der Waals surface area (Å²) in [6.45, 7) is 0. The molecule has 0 saturated carbocycles. The second-order valence-corrected chi connectivity index (χ2v) is 8.22. The van der Waals surface area contributed by atoms with Gasteiger partial charge in [-0.1, -0.05) is 0 Å². The van der Waals surface area contributed by atoms with Crippen LogP contribution in [-0.2, 0) is 9.84 Å². The molecule has 1 aliphatic heterocycles. The van der Waals surface area contributed by atoms with Gasteiger partial charge in [0, 0.05) is 17.2 Å². The van der Waals surface area contributed by atoms with Gasteiger partial charge in [0.15, 0.2) is 9.84 Å². The molecule has 1 heterocycles. The molecule has 0 aliphatic carbocycles. The monoisotopic (exact) mass is 304 g/mol. The Labute approximate surface area is 112 Å². The van der Waals surface area contributed by atoms with Crippen molar-refractivity contribution in [1.29, 1.82) is 0 Å². The molecule has 0 aromatic heterocycles. The summed E-state index contributed by atoms with van der Waals surface area (Å²) in [7, 11) is -2.85. The highest BCUT2D eigenvalue weighted by molar-refractivity contribution is 7.98. The first-order chi connectivity index (χ1) is 7.49. The number of hydrogen-bond acceptors (Lipinski definition) is 3. The average Bonchev–Trinajstić information content (AvgIpc) is 2.62. The summed E-state index contributed by atoms with van der Waals surface area (Å²) >= 11 is 13.8. The summed E-state index contributed by atoms with van der Waals surface area (Å²) in [5.41, 5.74) is -0.199. The van der Waals surface area contributed by atoms with Gasteiger partial charge in [-0.25, -0.2) is 8.42 Å².